The van der Waals surface area contributed by atoms with E-state index in [-0.39, 0.29) is 10.5 Å². The maximum Gasteiger partial charge on any atom is 0.339 e. The van der Waals surface area contributed by atoms with Crippen molar-refractivity contribution in [2.24, 2.45) is 5.14 Å². The van der Waals surface area contributed by atoms with Crippen molar-refractivity contribution in [3.8, 4) is 0 Å². The van der Waals surface area contributed by atoms with Crippen LogP contribution in [0.15, 0.2) is 71.6 Å². The van der Waals surface area contributed by atoms with E-state index in [0.717, 1.165) is 11.6 Å². The van der Waals surface area contributed by atoms with Gasteiger partial charge in [0.1, 0.15) is 0 Å². The molecule has 3 rings (SSSR count). The summed E-state index contributed by atoms with van der Waals surface area (Å²) in [4.78, 5) is 25.6. The molecule has 0 saturated carbocycles. The van der Waals surface area contributed by atoms with E-state index in [4.69, 9.17) is 21.5 Å². The number of hydrogen-bond donors (Lipinski definition) is 2. The van der Waals surface area contributed by atoms with Crippen molar-refractivity contribution in [2.45, 2.75) is 24.8 Å². The van der Waals surface area contributed by atoms with Crippen LogP contribution in [0.5, 0.6) is 0 Å². The van der Waals surface area contributed by atoms with E-state index in [1.165, 1.54) is 12.1 Å². The monoisotopic (exact) mass is 472 g/mol. The fraction of sp³-hybridized carbons (Fsp3) is 0.130. The van der Waals surface area contributed by atoms with Crippen LogP contribution in [-0.4, -0.2) is 20.3 Å². The Morgan fingerprint density at radius 2 is 1.62 bits per heavy atom. The number of hydrogen-bond acceptors (Lipinski definition) is 5. The Labute approximate surface area is 191 Å². The van der Waals surface area contributed by atoms with E-state index in [1.807, 2.05) is 6.92 Å². The molecule has 3 aromatic rings. The molecular formula is C23H21ClN2O5S. The first-order valence-electron chi connectivity index (χ1n) is 9.52. The number of ether oxygens (including phenoxy) is 1. The lowest BCUT2D eigenvalue weighted by Crippen LogP contribution is -2.26. The summed E-state index contributed by atoms with van der Waals surface area (Å²) in [5.74, 6) is -1.47. The fourth-order valence-corrected chi connectivity index (χ4v) is 3.98. The molecule has 1 amide bonds. The summed E-state index contributed by atoms with van der Waals surface area (Å²) >= 11 is 6.13. The van der Waals surface area contributed by atoms with Gasteiger partial charge in [-0.05, 0) is 49.2 Å². The van der Waals surface area contributed by atoms with Gasteiger partial charge >= 0.3 is 5.97 Å². The molecule has 0 aliphatic heterocycles. The Kier molecular flexibility index (Phi) is 6.98. The smallest absolute Gasteiger partial charge is 0.339 e. The SMILES string of the molecule is Cc1ccc(NC(=O)C(OC(=O)c2ccc(C)c(S(N)(=O)=O)c2)c2ccccc2)cc1Cl. The van der Waals surface area contributed by atoms with Crippen LogP contribution in [0.1, 0.15) is 33.2 Å². The highest BCUT2D eigenvalue weighted by molar-refractivity contribution is 7.89. The molecule has 7 nitrogen and oxygen atoms in total. The van der Waals surface area contributed by atoms with Crippen molar-refractivity contribution < 1.29 is 22.7 Å². The number of nitrogens with one attached hydrogen (secondary N) is 1. The molecule has 3 aromatic carbocycles. The third kappa shape index (κ3) is 5.53. The number of nitrogens with two attached hydrogens (primary N) is 1. The molecule has 0 heterocycles. The molecule has 0 aliphatic carbocycles. The number of primary sulfonamides is 1. The molecule has 0 bridgehead atoms. The number of esters is 1. The molecule has 0 fully saturated rings. The summed E-state index contributed by atoms with van der Waals surface area (Å²) in [5.41, 5.74) is 2.06. The largest absolute Gasteiger partial charge is 0.444 e. The molecular weight excluding hydrogens is 452 g/mol. The zero-order valence-corrected chi connectivity index (χ0v) is 18.9. The predicted octanol–water partition coefficient (Wildman–Crippen LogP) is 4.14. The molecule has 0 aliphatic rings. The summed E-state index contributed by atoms with van der Waals surface area (Å²) in [7, 11) is -4.03. The Bertz CT molecular complexity index is 1280. The maximum atomic E-state index is 13.0. The molecule has 9 heteroatoms. The minimum absolute atomic E-state index is 0.0493. The van der Waals surface area contributed by atoms with Crippen LogP contribution < -0.4 is 10.5 Å². The standard InChI is InChI=1S/C23H21ClN2O5S/c1-14-9-11-18(13-19(14)24)26-22(27)21(16-6-4-3-5-7-16)31-23(28)17-10-8-15(2)20(12-17)32(25,29)30/h3-13,21H,1-2H3,(H,26,27)(H2,25,29,30). The van der Waals surface area contributed by atoms with Gasteiger partial charge in [0.05, 0.1) is 10.5 Å². The van der Waals surface area contributed by atoms with Crippen LogP contribution in [0.25, 0.3) is 0 Å². The zero-order chi connectivity index (χ0) is 23.5. The second kappa shape index (κ2) is 9.52. The zero-order valence-electron chi connectivity index (χ0n) is 17.3. The third-order valence-electron chi connectivity index (χ3n) is 4.74. The number of halogens is 1. The first-order chi connectivity index (χ1) is 15.1. The van der Waals surface area contributed by atoms with Gasteiger partial charge in [0.25, 0.3) is 5.91 Å². The molecule has 0 aromatic heterocycles. The molecule has 0 spiro atoms. The van der Waals surface area contributed by atoms with E-state index in [9.17, 15) is 18.0 Å². The van der Waals surface area contributed by atoms with Crippen LogP contribution in [0.4, 0.5) is 5.69 Å². The molecule has 3 N–H and O–H groups in total. The van der Waals surface area contributed by atoms with Crippen LogP contribution in [-0.2, 0) is 19.6 Å². The molecule has 1 atom stereocenters. The Morgan fingerprint density at radius 3 is 2.25 bits per heavy atom. The van der Waals surface area contributed by atoms with Gasteiger partial charge < -0.3 is 10.1 Å². The number of rotatable bonds is 6. The van der Waals surface area contributed by atoms with E-state index in [2.05, 4.69) is 5.32 Å². The van der Waals surface area contributed by atoms with Crippen molar-refractivity contribution in [3.63, 3.8) is 0 Å². The van der Waals surface area contributed by atoms with Crippen LogP contribution in [0.2, 0.25) is 5.02 Å². The average Bonchev–Trinajstić information content (AvgIpc) is 2.74. The highest BCUT2D eigenvalue weighted by atomic mass is 35.5. The van der Waals surface area contributed by atoms with E-state index in [0.29, 0.717) is 21.8 Å². The highest BCUT2D eigenvalue weighted by Gasteiger charge is 2.27. The van der Waals surface area contributed by atoms with Crippen molar-refractivity contribution in [1.82, 2.24) is 0 Å². The van der Waals surface area contributed by atoms with Crippen molar-refractivity contribution in [3.05, 3.63) is 94.0 Å². The number of benzene rings is 3. The van der Waals surface area contributed by atoms with Gasteiger partial charge in [-0.2, -0.15) is 0 Å². The molecule has 32 heavy (non-hydrogen) atoms. The lowest BCUT2D eigenvalue weighted by atomic mass is 10.1. The second-order valence-corrected chi connectivity index (χ2v) is 9.11. The van der Waals surface area contributed by atoms with E-state index < -0.39 is 28.0 Å². The molecule has 166 valence electrons. The van der Waals surface area contributed by atoms with Gasteiger partial charge in [0.2, 0.25) is 16.1 Å². The van der Waals surface area contributed by atoms with Gasteiger partial charge in [-0.3, -0.25) is 4.79 Å². The summed E-state index contributed by atoms with van der Waals surface area (Å²) in [6.07, 6.45) is -1.29. The number of sulfonamides is 1. The highest BCUT2D eigenvalue weighted by Crippen LogP contribution is 2.25. The maximum absolute atomic E-state index is 13.0. The lowest BCUT2D eigenvalue weighted by Gasteiger charge is -2.19. The van der Waals surface area contributed by atoms with Gasteiger partial charge in [-0.25, -0.2) is 18.4 Å². The average molecular weight is 473 g/mol. The van der Waals surface area contributed by atoms with Crippen molar-refractivity contribution >= 4 is 39.2 Å². The predicted molar refractivity (Wildman–Crippen MR) is 122 cm³/mol. The number of carbonyl (C=O) groups is 2. The number of anilines is 1. The van der Waals surface area contributed by atoms with Gasteiger partial charge in [0, 0.05) is 16.3 Å². The Balaban J connectivity index is 1.91. The van der Waals surface area contributed by atoms with Crippen LogP contribution in [0, 0.1) is 13.8 Å². The number of amides is 1. The van der Waals surface area contributed by atoms with Crippen molar-refractivity contribution in [2.75, 3.05) is 5.32 Å². The summed E-state index contributed by atoms with van der Waals surface area (Å²) in [5, 5.41) is 8.39. The summed E-state index contributed by atoms with van der Waals surface area (Å²) in [6, 6.07) is 17.5. The van der Waals surface area contributed by atoms with Crippen molar-refractivity contribution in [1.29, 1.82) is 0 Å². The second-order valence-electron chi connectivity index (χ2n) is 7.17. The first kappa shape index (κ1) is 23.5. The summed E-state index contributed by atoms with van der Waals surface area (Å²) < 4.78 is 29.1. The van der Waals surface area contributed by atoms with Gasteiger partial charge in [0.15, 0.2) is 0 Å². The normalized spacial score (nSPS) is 12.1. The minimum Gasteiger partial charge on any atom is -0.444 e. The van der Waals surface area contributed by atoms with Gasteiger partial charge in [-0.1, -0.05) is 54.1 Å². The lowest BCUT2D eigenvalue weighted by molar-refractivity contribution is -0.125. The van der Waals surface area contributed by atoms with Gasteiger partial charge in [-0.15, -0.1) is 0 Å². The van der Waals surface area contributed by atoms with Crippen LogP contribution in [0.3, 0.4) is 0 Å². The Morgan fingerprint density at radius 1 is 0.969 bits per heavy atom. The fourth-order valence-electron chi connectivity index (χ4n) is 2.99. The quantitative estimate of drug-likeness (QED) is 0.523. The number of carbonyl (C=O) groups excluding carboxylic acids is 2. The third-order valence-corrected chi connectivity index (χ3v) is 6.20. The number of aryl methyl sites for hydroxylation is 2. The topological polar surface area (TPSA) is 116 Å². The Hall–Kier alpha value is -3.20. The van der Waals surface area contributed by atoms with E-state index in [1.54, 1.807) is 55.5 Å². The molecule has 0 saturated heterocycles. The van der Waals surface area contributed by atoms with Crippen LogP contribution >= 0.6 is 11.6 Å². The molecule has 0 radical (unpaired) electrons. The summed E-state index contributed by atoms with van der Waals surface area (Å²) in [6.45, 7) is 3.39. The molecule has 1 unspecified atom stereocenters. The minimum atomic E-state index is -4.03. The first-order valence-corrected chi connectivity index (χ1v) is 11.4. The van der Waals surface area contributed by atoms with E-state index >= 15 is 0 Å².